The normalized spacial score (nSPS) is 21.1. The number of hydrogen-bond donors (Lipinski definition) is 2. The van der Waals surface area contributed by atoms with Crippen molar-refractivity contribution < 1.29 is 14.3 Å². The van der Waals surface area contributed by atoms with Gasteiger partial charge in [-0.25, -0.2) is 0 Å². The predicted molar refractivity (Wildman–Crippen MR) is 75.6 cm³/mol. The maximum atomic E-state index is 11.8. The Morgan fingerprint density at radius 2 is 2.25 bits per heavy atom. The second kappa shape index (κ2) is 5.96. The van der Waals surface area contributed by atoms with E-state index >= 15 is 0 Å². The van der Waals surface area contributed by atoms with Crippen LogP contribution in [0.4, 0.5) is 0 Å². The SMILES string of the molecule is O=C(/C=C/c1ccc2c(c1)OCO2)N[C@H]1CCCNC1. The summed E-state index contributed by atoms with van der Waals surface area (Å²) in [4.78, 5) is 11.8. The maximum Gasteiger partial charge on any atom is 0.244 e. The fourth-order valence-corrected chi connectivity index (χ4v) is 2.41. The Morgan fingerprint density at radius 3 is 3.10 bits per heavy atom. The minimum absolute atomic E-state index is 0.0589. The zero-order valence-electron chi connectivity index (χ0n) is 11.2. The predicted octanol–water partition coefficient (Wildman–Crippen LogP) is 1.30. The van der Waals surface area contributed by atoms with Gasteiger partial charge in [-0.15, -0.1) is 0 Å². The Labute approximate surface area is 118 Å². The number of hydrogen-bond acceptors (Lipinski definition) is 4. The van der Waals surface area contributed by atoms with Crippen molar-refractivity contribution in [3.8, 4) is 11.5 Å². The molecular weight excluding hydrogens is 256 g/mol. The highest BCUT2D eigenvalue weighted by molar-refractivity contribution is 5.92. The Balaban J connectivity index is 1.57. The molecule has 3 rings (SSSR count). The van der Waals surface area contributed by atoms with Gasteiger partial charge in [-0.1, -0.05) is 6.07 Å². The first-order valence-corrected chi connectivity index (χ1v) is 6.90. The van der Waals surface area contributed by atoms with E-state index in [1.807, 2.05) is 18.2 Å². The molecule has 0 spiro atoms. The first-order valence-electron chi connectivity index (χ1n) is 6.90. The summed E-state index contributed by atoms with van der Waals surface area (Å²) < 4.78 is 10.5. The second-order valence-corrected chi connectivity index (χ2v) is 5.00. The molecule has 0 aromatic heterocycles. The topological polar surface area (TPSA) is 59.6 Å². The van der Waals surface area contributed by atoms with E-state index in [1.54, 1.807) is 12.2 Å². The van der Waals surface area contributed by atoms with Crippen LogP contribution in [0.2, 0.25) is 0 Å². The van der Waals surface area contributed by atoms with E-state index in [-0.39, 0.29) is 18.7 Å². The summed E-state index contributed by atoms with van der Waals surface area (Å²) in [5.41, 5.74) is 0.922. The minimum Gasteiger partial charge on any atom is -0.454 e. The van der Waals surface area contributed by atoms with E-state index in [1.165, 1.54) is 0 Å². The Bertz CT molecular complexity index is 522. The van der Waals surface area contributed by atoms with Gasteiger partial charge in [0.15, 0.2) is 11.5 Å². The smallest absolute Gasteiger partial charge is 0.244 e. The third-order valence-electron chi connectivity index (χ3n) is 3.47. The molecule has 0 aliphatic carbocycles. The fourth-order valence-electron chi connectivity index (χ4n) is 2.41. The van der Waals surface area contributed by atoms with Crippen molar-refractivity contribution in [3.63, 3.8) is 0 Å². The van der Waals surface area contributed by atoms with Gasteiger partial charge in [-0.2, -0.15) is 0 Å². The van der Waals surface area contributed by atoms with Crippen LogP contribution in [-0.4, -0.2) is 31.8 Å². The van der Waals surface area contributed by atoms with Crippen molar-refractivity contribution in [2.45, 2.75) is 18.9 Å². The summed E-state index contributed by atoms with van der Waals surface area (Å²) in [6.07, 6.45) is 5.49. The highest BCUT2D eigenvalue weighted by Gasteiger charge is 2.14. The van der Waals surface area contributed by atoms with Crippen LogP contribution in [0.25, 0.3) is 6.08 Å². The molecule has 1 amide bonds. The Hall–Kier alpha value is -2.01. The zero-order chi connectivity index (χ0) is 13.8. The van der Waals surface area contributed by atoms with E-state index in [0.29, 0.717) is 0 Å². The highest BCUT2D eigenvalue weighted by atomic mass is 16.7. The molecule has 0 bridgehead atoms. The number of carbonyl (C=O) groups is 1. The lowest BCUT2D eigenvalue weighted by molar-refractivity contribution is -0.117. The van der Waals surface area contributed by atoms with Crippen molar-refractivity contribution in [2.75, 3.05) is 19.9 Å². The van der Waals surface area contributed by atoms with E-state index in [0.717, 1.165) is 43.0 Å². The molecule has 2 heterocycles. The minimum atomic E-state index is -0.0589. The number of fused-ring (bicyclic) bond motifs is 1. The lowest BCUT2D eigenvalue weighted by Gasteiger charge is -2.23. The van der Waals surface area contributed by atoms with E-state index < -0.39 is 0 Å². The Kier molecular flexibility index (Phi) is 3.87. The van der Waals surface area contributed by atoms with Gasteiger partial charge in [0.25, 0.3) is 0 Å². The van der Waals surface area contributed by atoms with Crippen molar-refractivity contribution >= 4 is 12.0 Å². The van der Waals surface area contributed by atoms with Crippen LogP contribution in [0.5, 0.6) is 11.5 Å². The molecular formula is C15H18N2O3. The first kappa shape index (κ1) is 13.0. The summed E-state index contributed by atoms with van der Waals surface area (Å²) in [7, 11) is 0. The molecule has 0 saturated carbocycles. The number of rotatable bonds is 3. The molecule has 106 valence electrons. The van der Waals surface area contributed by atoms with Crippen LogP contribution in [0.1, 0.15) is 18.4 Å². The van der Waals surface area contributed by atoms with Gasteiger partial charge in [-0.05, 0) is 43.2 Å². The van der Waals surface area contributed by atoms with Gasteiger partial charge < -0.3 is 20.1 Å². The first-order chi connectivity index (χ1) is 9.81. The lowest BCUT2D eigenvalue weighted by atomic mass is 10.1. The van der Waals surface area contributed by atoms with E-state index in [4.69, 9.17) is 9.47 Å². The maximum absolute atomic E-state index is 11.8. The molecule has 5 heteroatoms. The van der Waals surface area contributed by atoms with Crippen molar-refractivity contribution in [1.29, 1.82) is 0 Å². The summed E-state index contributed by atoms with van der Waals surface area (Å²) in [5, 5.41) is 6.27. The third kappa shape index (κ3) is 3.11. The number of carbonyl (C=O) groups excluding carboxylic acids is 1. The summed E-state index contributed by atoms with van der Waals surface area (Å²) in [6.45, 7) is 2.15. The van der Waals surface area contributed by atoms with Gasteiger partial charge in [0.2, 0.25) is 12.7 Å². The average Bonchev–Trinajstić information content (AvgIpc) is 2.93. The van der Waals surface area contributed by atoms with Crippen molar-refractivity contribution in [1.82, 2.24) is 10.6 Å². The molecule has 1 aromatic rings. The van der Waals surface area contributed by atoms with E-state index in [9.17, 15) is 4.79 Å². The largest absolute Gasteiger partial charge is 0.454 e. The van der Waals surface area contributed by atoms with Crippen LogP contribution in [0.3, 0.4) is 0 Å². The Morgan fingerprint density at radius 1 is 1.35 bits per heavy atom. The van der Waals surface area contributed by atoms with Gasteiger partial charge in [-0.3, -0.25) is 4.79 Å². The number of piperidine rings is 1. The molecule has 2 aliphatic heterocycles. The summed E-state index contributed by atoms with van der Waals surface area (Å²) >= 11 is 0. The van der Waals surface area contributed by atoms with Gasteiger partial charge in [0, 0.05) is 18.7 Å². The second-order valence-electron chi connectivity index (χ2n) is 5.00. The molecule has 2 aliphatic rings. The quantitative estimate of drug-likeness (QED) is 0.816. The molecule has 2 N–H and O–H groups in total. The molecule has 5 nitrogen and oxygen atoms in total. The third-order valence-corrected chi connectivity index (χ3v) is 3.47. The van der Waals surface area contributed by atoms with Gasteiger partial charge in [0.1, 0.15) is 0 Å². The fraction of sp³-hybridized carbons (Fsp3) is 0.400. The highest BCUT2D eigenvalue weighted by Crippen LogP contribution is 2.32. The lowest BCUT2D eigenvalue weighted by Crippen LogP contribution is -2.45. The molecule has 20 heavy (non-hydrogen) atoms. The van der Waals surface area contributed by atoms with Gasteiger partial charge in [0.05, 0.1) is 0 Å². The molecule has 1 atom stereocenters. The monoisotopic (exact) mass is 274 g/mol. The van der Waals surface area contributed by atoms with Crippen molar-refractivity contribution in [3.05, 3.63) is 29.8 Å². The van der Waals surface area contributed by atoms with Crippen LogP contribution in [-0.2, 0) is 4.79 Å². The number of amides is 1. The molecule has 1 saturated heterocycles. The number of nitrogens with one attached hydrogen (secondary N) is 2. The molecule has 0 radical (unpaired) electrons. The summed E-state index contributed by atoms with van der Waals surface area (Å²) in [5.74, 6) is 1.42. The number of ether oxygens (including phenoxy) is 2. The molecule has 0 unspecified atom stereocenters. The zero-order valence-corrected chi connectivity index (χ0v) is 11.2. The standard InChI is InChI=1S/C15H18N2O3/c18-15(17-12-2-1-7-16-9-12)6-4-11-3-5-13-14(8-11)20-10-19-13/h3-6,8,12,16H,1-2,7,9-10H2,(H,17,18)/b6-4+/t12-/m0/s1. The molecule has 1 aromatic carbocycles. The van der Waals surface area contributed by atoms with Crippen molar-refractivity contribution in [2.24, 2.45) is 0 Å². The summed E-state index contributed by atoms with van der Waals surface area (Å²) in [6, 6.07) is 5.86. The van der Waals surface area contributed by atoms with Crippen LogP contribution < -0.4 is 20.1 Å². The molecule has 1 fully saturated rings. The average molecular weight is 274 g/mol. The number of benzene rings is 1. The van der Waals surface area contributed by atoms with E-state index in [2.05, 4.69) is 10.6 Å². The van der Waals surface area contributed by atoms with Crippen LogP contribution >= 0.6 is 0 Å². The van der Waals surface area contributed by atoms with Crippen LogP contribution in [0, 0.1) is 0 Å². The van der Waals surface area contributed by atoms with Crippen LogP contribution in [0.15, 0.2) is 24.3 Å². The van der Waals surface area contributed by atoms with Gasteiger partial charge >= 0.3 is 0 Å².